The monoisotopic (exact) mass is 355 g/mol. The van der Waals surface area contributed by atoms with Crippen LogP contribution in [0.25, 0.3) is 6.08 Å². The summed E-state index contributed by atoms with van der Waals surface area (Å²) in [5.41, 5.74) is 0.722. The highest BCUT2D eigenvalue weighted by atomic mass is 79.9. The Balaban J connectivity index is 2.72. The maximum atomic E-state index is 11.7. The molecule has 0 aliphatic heterocycles. The molecule has 0 saturated heterocycles. The summed E-state index contributed by atoms with van der Waals surface area (Å²) in [6.07, 6.45) is 2.80. The first-order chi connectivity index (χ1) is 9.93. The van der Waals surface area contributed by atoms with E-state index in [-0.39, 0.29) is 5.91 Å². The normalized spacial score (nSPS) is 12.1. The van der Waals surface area contributed by atoms with E-state index in [1.54, 1.807) is 25.1 Å². The third-order valence-corrected chi connectivity index (χ3v) is 3.22. The molecule has 1 amide bonds. The summed E-state index contributed by atoms with van der Waals surface area (Å²) < 4.78 is 6.24. The quantitative estimate of drug-likeness (QED) is 0.737. The first-order valence-corrected chi connectivity index (χ1v) is 7.38. The van der Waals surface area contributed by atoms with Crippen LogP contribution in [-0.2, 0) is 9.59 Å². The van der Waals surface area contributed by atoms with Crippen LogP contribution >= 0.6 is 15.9 Å². The molecular weight excluding hydrogens is 338 g/mol. The Morgan fingerprint density at radius 3 is 2.76 bits per heavy atom. The maximum Gasteiger partial charge on any atom is 0.328 e. The van der Waals surface area contributed by atoms with Crippen LogP contribution in [0.1, 0.15) is 25.8 Å². The Morgan fingerprint density at radius 2 is 2.19 bits per heavy atom. The highest BCUT2D eigenvalue weighted by molar-refractivity contribution is 9.10. The SMILES string of the molecule is CCCNC(=O)C(C)Oc1ccc(C=CC(=O)O)cc1Br. The number of benzene rings is 1. The smallest absolute Gasteiger partial charge is 0.328 e. The summed E-state index contributed by atoms with van der Waals surface area (Å²) in [5.74, 6) is -0.645. The zero-order valence-corrected chi connectivity index (χ0v) is 13.5. The van der Waals surface area contributed by atoms with Crippen molar-refractivity contribution in [3.63, 3.8) is 0 Å². The molecule has 0 fully saturated rings. The Hall–Kier alpha value is -1.82. The van der Waals surface area contributed by atoms with E-state index in [2.05, 4.69) is 21.2 Å². The Kier molecular flexibility index (Phi) is 6.94. The van der Waals surface area contributed by atoms with Crippen molar-refractivity contribution < 1.29 is 19.4 Å². The van der Waals surface area contributed by atoms with E-state index < -0.39 is 12.1 Å². The fourth-order valence-electron chi connectivity index (χ4n) is 1.52. The number of carboxylic acid groups (broad SMARTS) is 1. The van der Waals surface area contributed by atoms with Crippen molar-refractivity contribution in [3.05, 3.63) is 34.3 Å². The molecule has 0 bridgehead atoms. The highest BCUT2D eigenvalue weighted by Crippen LogP contribution is 2.27. The number of amides is 1. The second-order valence-electron chi connectivity index (χ2n) is 4.41. The molecule has 0 radical (unpaired) electrons. The van der Waals surface area contributed by atoms with Crippen molar-refractivity contribution in [2.75, 3.05) is 6.54 Å². The van der Waals surface area contributed by atoms with E-state index in [1.807, 2.05) is 6.92 Å². The molecule has 1 atom stereocenters. The first-order valence-electron chi connectivity index (χ1n) is 6.59. The predicted octanol–water partition coefficient (Wildman–Crippen LogP) is 2.84. The topological polar surface area (TPSA) is 75.6 Å². The van der Waals surface area contributed by atoms with Gasteiger partial charge in [0.15, 0.2) is 6.10 Å². The van der Waals surface area contributed by atoms with E-state index in [1.165, 1.54) is 6.08 Å². The van der Waals surface area contributed by atoms with Gasteiger partial charge in [0.25, 0.3) is 5.91 Å². The average molecular weight is 356 g/mol. The first kappa shape index (κ1) is 17.2. The molecule has 0 aromatic heterocycles. The zero-order chi connectivity index (χ0) is 15.8. The summed E-state index contributed by atoms with van der Waals surface area (Å²) in [5, 5.41) is 11.3. The summed E-state index contributed by atoms with van der Waals surface area (Å²) >= 11 is 3.35. The van der Waals surface area contributed by atoms with Gasteiger partial charge in [-0.05, 0) is 53.0 Å². The third kappa shape index (κ3) is 5.99. The van der Waals surface area contributed by atoms with Crippen LogP contribution < -0.4 is 10.1 Å². The number of nitrogens with one attached hydrogen (secondary N) is 1. The second-order valence-corrected chi connectivity index (χ2v) is 5.27. The molecule has 1 aromatic carbocycles. The number of carbonyl (C=O) groups excluding carboxylic acids is 1. The summed E-state index contributed by atoms with van der Waals surface area (Å²) in [7, 11) is 0. The molecular formula is C15H18BrNO4. The highest BCUT2D eigenvalue weighted by Gasteiger charge is 2.15. The largest absolute Gasteiger partial charge is 0.480 e. The number of halogens is 1. The van der Waals surface area contributed by atoms with E-state index >= 15 is 0 Å². The van der Waals surface area contributed by atoms with Crippen molar-refractivity contribution >= 4 is 33.9 Å². The zero-order valence-electron chi connectivity index (χ0n) is 11.9. The number of rotatable bonds is 7. The van der Waals surface area contributed by atoms with Crippen LogP contribution in [0.4, 0.5) is 0 Å². The van der Waals surface area contributed by atoms with Crippen molar-refractivity contribution in [3.8, 4) is 5.75 Å². The minimum atomic E-state index is -1.01. The van der Waals surface area contributed by atoms with Crippen LogP contribution in [0.15, 0.2) is 28.7 Å². The van der Waals surface area contributed by atoms with Crippen LogP contribution in [0.2, 0.25) is 0 Å². The van der Waals surface area contributed by atoms with Gasteiger partial charge in [0.2, 0.25) is 0 Å². The summed E-state index contributed by atoms with van der Waals surface area (Å²) in [4.78, 5) is 22.2. The van der Waals surface area contributed by atoms with Crippen LogP contribution in [0.3, 0.4) is 0 Å². The van der Waals surface area contributed by atoms with Crippen molar-refractivity contribution in [1.29, 1.82) is 0 Å². The molecule has 1 unspecified atom stereocenters. The van der Waals surface area contributed by atoms with Gasteiger partial charge in [-0.2, -0.15) is 0 Å². The molecule has 1 rings (SSSR count). The van der Waals surface area contributed by atoms with Crippen molar-refractivity contribution in [1.82, 2.24) is 5.32 Å². The number of carbonyl (C=O) groups is 2. The molecule has 2 N–H and O–H groups in total. The van der Waals surface area contributed by atoms with E-state index in [0.29, 0.717) is 16.8 Å². The third-order valence-electron chi connectivity index (χ3n) is 2.60. The molecule has 0 aliphatic rings. The summed E-state index contributed by atoms with van der Waals surface area (Å²) in [6, 6.07) is 5.14. The lowest BCUT2D eigenvalue weighted by atomic mass is 10.2. The molecule has 0 aliphatic carbocycles. The van der Waals surface area contributed by atoms with Crippen molar-refractivity contribution in [2.24, 2.45) is 0 Å². The number of aliphatic carboxylic acids is 1. The molecule has 0 heterocycles. The molecule has 0 spiro atoms. The fraction of sp³-hybridized carbons (Fsp3) is 0.333. The predicted molar refractivity (Wildman–Crippen MR) is 84.2 cm³/mol. The number of carboxylic acids is 1. The van der Waals surface area contributed by atoms with Gasteiger partial charge in [-0.1, -0.05) is 13.0 Å². The van der Waals surface area contributed by atoms with Gasteiger partial charge < -0.3 is 15.2 Å². The fourth-order valence-corrected chi connectivity index (χ4v) is 2.01. The Morgan fingerprint density at radius 1 is 1.48 bits per heavy atom. The molecule has 6 heteroatoms. The van der Waals surface area contributed by atoms with Gasteiger partial charge in [-0.25, -0.2) is 4.79 Å². The second kappa shape index (κ2) is 8.46. The Labute approximate surface area is 132 Å². The van der Waals surface area contributed by atoms with Crippen LogP contribution in [0.5, 0.6) is 5.75 Å². The van der Waals surface area contributed by atoms with Gasteiger partial charge >= 0.3 is 5.97 Å². The maximum absolute atomic E-state index is 11.7. The van der Waals surface area contributed by atoms with E-state index in [9.17, 15) is 9.59 Å². The standard InChI is InChI=1S/C15H18BrNO4/c1-3-8-17-15(20)10(2)21-13-6-4-11(9-12(13)16)5-7-14(18)19/h4-7,9-10H,3,8H2,1-2H3,(H,17,20)(H,18,19). The van der Waals surface area contributed by atoms with Crippen LogP contribution in [-0.4, -0.2) is 29.6 Å². The molecule has 1 aromatic rings. The molecule has 114 valence electrons. The van der Waals surface area contributed by atoms with E-state index in [4.69, 9.17) is 9.84 Å². The molecule has 21 heavy (non-hydrogen) atoms. The van der Waals surface area contributed by atoms with Crippen LogP contribution in [0, 0.1) is 0 Å². The van der Waals surface area contributed by atoms with Crippen molar-refractivity contribution in [2.45, 2.75) is 26.4 Å². The minimum absolute atomic E-state index is 0.168. The average Bonchev–Trinajstić information content (AvgIpc) is 2.44. The number of hydrogen-bond acceptors (Lipinski definition) is 3. The van der Waals surface area contributed by atoms with Gasteiger partial charge in [-0.3, -0.25) is 4.79 Å². The lowest BCUT2D eigenvalue weighted by molar-refractivity contribution is -0.131. The van der Waals surface area contributed by atoms with Gasteiger partial charge in [0.05, 0.1) is 4.47 Å². The van der Waals surface area contributed by atoms with Gasteiger partial charge in [-0.15, -0.1) is 0 Å². The molecule has 0 saturated carbocycles. The minimum Gasteiger partial charge on any atom is -0.480 e. The lowest BCUT2D eigenvalue weighted by Crippen LogP contribution is -2.36. The van der Waals surface area contributed by atoms with Gasteiger partial charge in [0.1, 0.15) is 5.75 Å². The van der Waals surface area contributed by atoms with Gasteiger partial charge in [0, 0.05) is 12.6 Å². The van der Waals surface area contributed by atoms with E-state index in [0.717, 1.165) is 18.1 Å². The lowest BCUT2D eigenvalue weighted by Gasteiger charge is -2.15. The Bertz CT molecular complexity index is 542. The summed E-state index contributed by atoms with van der Waals surface area (Å²) in [6.45, 7) is 4.27. The molecule has 5 nitrogen and oxygen atoms in total. The number of ether oxygens (including phenoxy) is 1. The number of hydrogen-bond donors (Lipinski definition) is 2.